The topological polar surface area (TPSA) is 98.3 Å². The number of rotatable bonds is 4. The fraction of sp³-hybridized carbons (Fsp3) is 0.364. The predicted molar refractivity (Wildman–Crippen MR) is 63.7 cm³/mol. The van der Waals surface area contributed by atoms with Gasteiger partial charge in [-0.3, -0.25) is 14.9 Å². The van der Waals surface area contributed by atoms with E-state index in [-0.39, 0.29) is 12.1 Å². The molecule has 0 saturated heterocycles. The number of amides is 1. The lowest BCUT2D eigenvalue weighted by atomic mass is 10.1. The molecule has 0 aromatic heterocycles. The SMILES string of the molecule is CC(C)(N)CNC(=O)c1ccc(F)cc1[N+](=O)[O-]. The molecule has 7 heteroatoms. The monoisotopic (exact) mass is 255 g/mol. The molecule has 1 amide bonds. The highest BCUT2D eigenvalue weighted by Crippen LogP contribution is 2.19. The molecular weight excluding hydrogens is 241 g/mol. The highest BCUT2D eigenvalue weighted by Gasteiger charge is 2.22. The molecule has 0 aliphatic heterocycles. The summed E-state index contributed by atoms with van der Waals surface area (Å²) < 4.78 is 12.9. The minimum absolute atomic E-state index is 0.153. The molecule has 0 radical (unpaired) electrons. The molecular formula is C11H14FN3O3. The molecule has 6 nitrogen and oxygen atoms in total. The molecule has 0 unspecified atom stereocenters. The van der Waals surface area contributed by atoms with Crippen molar-refractivity contribution in [3.05, 3.63) is 39.7 Å². The third-order valence-corrected chi connectivity index (χ3v) is 2.11. The van der Waals surface area contributed by atoms with Gasteiger partial charge in [-0.15, -0.1) is 0 Å². The van der Waals surface area contributed by atoms with Crippen LogP contribution in [0.4, 0.5) is 10.1 Å². The molecule has 98 valence electrons. The summed E-state index contributed by atoms with van der Waals surface area (Å²) in [5.41, 5.74) is 4.28. The standard InChI is InChI=1S/C11H14FN3O3/c1-11(2,13)6-14-10(16)8-4-3-7(12)5-9(8)15(17)18/h3-5H,6,13H2,1-2H3,(H,14,16). The Hall–Kier alpha value is -2.02. The minimum Gasteiger partial charge on any atom is -0.350 e. The van der Waals surface area contributed by atoms with E-state index >= 15 is 0 Å². The number of hydrogen-bond donors (Lipinski definition) is 2. The Labute approximate surface area is 103 Å². The number of nitrogens with zero attached hydrogens (tertiary/aromatic N) is 1. The normalized spacial score (nSPS) is 11.1. The first-order chi connectivity index (χ1) is 8.20. The average molecular weight is 255 g/mol. The summed E-state index contributed by atoms with van der Waals surface area (Å²) in [7, 11) is 0. The molecule has 3 N–H and O–H groups in total. The molecule has 0 atom stereocenters. The van der Waals surface area contributed by atoms with Crippen molar-refractivity contribution in [1.29, 1.82) is 0 Å². The largest absolute Gasteiger partial charge is 0.350 e. The molecule has 1 aromatic carbocycles. The van der Waals surface area contributed by atoms with Crippen molar-refractivity contribution in [3.63, 3.8) is 0 Å². The molecule has 0 spiro atoms. The molecule has 0 aliphatic carbocycles. The van der Waals surface area contributed by atoms with E-state index < -0.39 is 27.9 Å². The summed E-state index contributed by atoms with van der Waals surface area (Å²) in [6.07, 6.45) is 0. The maximum absolute atomic E-state index is 12.9. The van der Waals surface area contributed by atoms with Gasteiger partial charge in [0.15, 0.2) is 0 Å². The number of nitrogens with one attached hydrogen (secondary N) is 1. The summed E-state index contributed by atoms with van der Waals surface area (Å²) in [5.74, 6) is -1.42. The Bertz CT molecular complexity index is 483. The van der Waals surface area contributed by atoms with Gasteiger partial charge < -0.3 is 11.1 Å². The second kappa shape index (κ2) is 5.09. The molecule has 1 rings (SSSR count). The molecule has 0 aliphatic rings. The van der Waals surface area contributed by atoms with Gasteiger partial charge in [-0.1, -0.05) is 0 Å². The Morgan fingerprint density at radius 3 is 2.67 bits per heavy atom. The summed E-state index contributed by atoms with van der Waals surface area (Å²) in [5, 5.41) is 13.2. The zero-order valence-corrected chi connectivity index (χ0v) is 10.1. The van der Waals surface area contributed by atoms with E-state index in [2.05, 4.69) is 5.32 Å². The van der Waals surface area contributed by atoms with Gasteiger partial charge in [0.05, 0.1) is 11.0 Å². The maximum atomic E-state index is 12.9. The first-order valence-corrected chi connectivity index (χ1v) is 5.22. The van der Waals surface area contributed by atoms with Crippen LogP contribution in [-0.2, 0) is 0 Å². The van der Waals surface area contributed by atoms with Crippen LogP contribution in [0.1, 0.15) is 24.2 Å². The Morgan fingerprint density at radius 1 is 1.56 bits per heavy atom. The fourth-order valence-corrected chi connectivity index (χ4v) is 1.25. The van der Waals surface area contributed by atoms with Crippen molar-refractivity contribution in [3.8, 4) is 0 Å². The number of nitro benzene ring substituents is 1. The molecule has 0 bridgehead atoms. The van der Waals surface area contributed by atoms with E-state index in [4.69, 9.17) is 5.73 Å². The van der Waals surface area contributed by atoms with Gasteiger partial charge in [-0.05, 0) is 26.0 Å². The van der Waals surface area contributed by atoms with Crippen molar-refractivity contribution < 1.29 is 14.1 Å². The van der Waals surface area contributed by atoms with E-state index in [1.807, 2.05) is 0 Å². The number of nitro groups is 1. The zero-order valence-electron chi connectivity index (χ0n) is 10.1. The third kappa shape index (κ3) is 3.77. The lowest BCUT2D eigenvalue weighted by molar-refractivity contribution is -0.385. The molecule has 1 aromatic rings. The van der Waals surface area contributed by atoms with Crippen molar-refractivity contribution in [2.45, 2.75) is 19.4 Å². The van der Waals surface area contributed by atoms with Gasteiger partial charge in [0.2, 0.25) is 0 Å². The maximum Gasteiger partial charge on any atom is 0.285 e. The fourth-order valence-electron chi connectivity index (χ4n) is 1.25. The first kappa shape index (κ1) is 14.0. The van der Waals surface area contributed by atoms with Gasteiger partial charge in [0.25, 0.3) is 11.6 Å². The number of hydrogen-bond acceptors (Lipinski definition) is 4. The Morgan fingerprint density at radius 2 is 2.17 bits per heavy atom. The second-order valence-corrected chi connectivity index (χ2v) is 4.59. The van der Waals surface area contributed by atoms with E-state index in [1.165, 1.54) is 0 Å². The van der Waals surface area contributed by atoms with Gasteiger partial charge in [-0.25, -0.2) is 4.39 Å². The summed E-state index contributed by atoms with van der Waals surface area (Å²) in [6.45, 7) is 3.55. The number of carbonyl (C=O) groups is 1. The van der Waals surface area contributed by atoms with Crippen LogP contribution in [0.3, 0.4) is 0 Å². The van der Waals surface area contributed by atoms with Gasteiger partial charge in [0, 0.05) is 12.1 Å². The van der Waals surface area contributed by atoms with Crippen molar-refractivity contribution >= 4 is 11.6 Å². The van der Waals surface area contributed by atoms with Crippen molar-refractivity contribution in [2.75, 3.05) is 6.54 Å². The van der Waals surface area contributed by atoms with E-state index in [9.17, 15) is 19.3 Å². The molecule has 18 heavy (non-hydrogen) atoms. The van der Waals surface area contributed by atoms with Gasteiger partial charge in [-0.2, -0.15) is 0 Å². The van der Waals surface area contributed by atoms with E-state index in [0.29, 0.717) is 6.07 Å². The summed E-state index contributed by atoms with van der Waals surface area (Å²) in [4.78, 5) is 21.6. The number of benzene rings is 1. The molecule has 0 saturated carbocycles. The second-order valence-electron chi connectivity index (χ2n) is 4.59. The smallest absolute Gasteiger partial charge is 0.285 e. The van der Waals surface area contributed by atoms with Crippen LogP contribution in [0.2, 0.25) is 0 Å². The first-order valence-electron chi connectivity index (χ1n) is 5.22. The zero-order chi connectivity index (χ0) is 13.9. The van der Waals surface area contributed by atoms with Crippen molar-refractivity contribution in [2.24, 2.45) is 5.73 Å². The van der Waals surface area contributed by atoms with Crippen LogP contribution in [0, 0.1) is 15.9 Å². The highest BCUT2D eigenvalue weighted by atomic mass is 19.1. The molecule has 0 heterocycles. The lowest BCUT2D eigenvalue weighted by Crippen LogP contribution is -2.45. The quantitative estimate of drug-likeness (QED) is 0.623. The van der Waals surface area contributed by atoms with E-state index in [0.717, 1.165) is 12.1 Å². The number of carbonyl (C=O) groups excluding carboxylic acids is 1. The minimum atomic E-state index is -0.800. The predicted octanol–water partition coefficient (Wildman–Crippen LogP) is 1.20. The van der Waals surface area contributed by atoms with Crippen LogP contribution < -0.4 is 11.1 Å². The van der Waals surface area contributed by atoms with Crippen LogP contribution in [0.15, 0.2) is 18.2 Å². The van der Waals surface area contributed by atoms with Crippen LogP contribution >= 0.6 is 0 Å². The van der Waals surface area contributed by atoms with E-state index in [1.54, 1.807) is 13.8 Å². The third-order valence-electron chi connectivity index (χ3n) is 2.11. The summed E-state index contributed by atoms with van der Waals surface area (Å²) >= 11 is 0. The summed E-state index contributed by atoms with van der Waals surface area (Å²) in [6, 6.07) is 2.78. The van der Waals surface area contributed by atoms with Crippen molar-refractivity contribution in [1.82, 2.24) is 5.32 Å². The highest BCUT2D eigenvalue weighted by molar-refractivity contribution is 5.98. The average Bonchev–Trinajstić information content (AvgIpc) is 2.24. The lowest BCUT2D eigenvalue weighted by Gasteiger charge is -2.18. The number of halogens is 1. The van der Waals surface area contributed by atoms with Crippen LogP contribution in [0.25, 0.3) is 0 Å². The van der Waals surface area contributed by atoms with Gasteiger partial charge >= 0.3 is 0 Å². The molecule has 0 fully saturated rings. The van der Waals surface area contributed by atoms with Crippen LogP contribution in [-0.4, -0.2) is 22.9 Å². The van der Waals surface area contributed by atoms with Gasteiger partial charge in [0.1, 0.15) is 11.4 Å². The van der Waals surface area contributed by atoms with Crippen LogP contribution in [0.5, 0.6) is 0 Å². The number of nitrogens with two attached hydrogens (primary N) is 1. The Balaban J connectivity index is 2.95. The Kier molecular flexibility index (Phi) is 3.97.